The first-order chi connectivity index (χ1) is 11.0. The SMILES string of the molecule is Cc1csc(-n2[nH]c(C)c(CC(=O)Nc3ccccc3)c2=O)n1. The fourth-order valence-electron chi connectivity index (χ4n) is 2.26. The molecule has 0 radical (unpaired) electrons. The van der Waals surface area contributed by atoms with Crippen LogP contribution < -0.4 is 10.9 Å². The van der Waals surface area contributed by atoms with Gasteiger partial charge in [-0.2, -0.15) is 4.68 Å². The van der Waals surface area contributed by atoms with E-state index in [1.807, 2.05) is 30.5 Å². The van der Waals surface area contributed by atoms with Crippen molar-refractivity contribution < 1.29 is 4.79 Å². The number of hydrogen-bond acceptors (Lipinski definition) is 4. The maximum absolute atomic E-state index is 12.5. The maximum Gasteiger partial charge on any atom is 0.277 e. The number of H-pyrrole nitrogens is 1. The Morgan fingerprint density at radius 1 is 1.30 bits per heavy atom. The maximum atomic E-state index is 12.5. The number of carbonyl (C=O) groups is 1. The highest BCUT2D eigenvalue weighted by Crippen LogP contribution is 2.14. The lowest BCUT2D eigenvalue weighted by Gasteiger charge is -2.03. The number of hydrogen-bond donors (Lipinski definition) is 2. The van der Waals surface area contributed by atoms with Crippen LogP contribution >= 0.6 is 11.3 Å². The van der Waals surface area contributed by atoms with Crippen LogP contribution in [0.3, 0.4) is 0 Å². The normalized spacial score (nSPS) is 10.7. The van der Waals surface area contributed by atoms with Gasteiger partial charge in [0.25, 0.3) is 5.56 Å². The van der Waals surface area contributed by atoms with Gasteiger partial charge in [0.15, 0.2) is 0 Å². The Morgan fingerprint density at radius 2 is 2.04 bits per heavy atom. The first kappa shape index (κ1) is 15.2. The number of para-hydroxylation sites is 1. The van der Waals surface area contributed by atoms with Crippen LogP contribution in [0.15, 0.2) is 40.5 Å². The summed E-state index contributed by atoms with van der Waals surface area (Å²) in [5.41, 5.74) is 2.45. The van der Waals surface area contributed by atoms with Gasteiger partial charge in [0.1, 0.15) is 0 Å². The lowest BCUT2D eigenvalue weighted by atomic mass is 10.2. The summed E-state index contributed by atoms with van der Waals surface area (Å²) in [4.78, 5) is 28.9. The van der Waals surface area contributed by atoms with E-state index in [9.17, 15) is 9.59 Å². The van der Waals surface area contributed by atoms with Crippen LogP contribution in [0.25, 0.3) is 5.13 Å². The largest absolute Gasteiger partial charge is 0.326 e. The summed E-state index contributed by atoms with van der Waals surface area (Å²) in [6, 6.07) is 9.17. The number of carbonyl (C=O) groups excluding carboxylic acids is 1. The molecule has 1 amide bonds. The smallest absolute Gasteiger partial charge is 0.277 e. The molecule has 2 N–H and O–H groups in total. The molecule has 0 aliphatic rings. The molecule has 7 heteroatoms. The number of aromatic nitrogens is 3. The molecule has 0 saturated carbocycles. The van der Waals surface area contributed by atoms with Crippen LogP contribution in [-0.2, 0) is 11.2 Å². The van der Waals surface area contributed by atoms with Crippen LogP contribution in [0.1, 0.15) is 17.0 Å². The van der Waals surface area contributed by atoms with Crippen molar-refractivity contribution in [2.45, 2.75) is 20.3 Å². The van der Waals surface area contributed by atoms with Crippen molar-refractivity contribution in [1.29, 1.82) is 0 Å². The van der Waals surface area contributed by atoms with Gasteiger partial charge >= 0.3 is 0 Å². The highest BCUT2D eigenvalue weighted by atomic mass is 32.1. The van der Waals surface area contributed by atoms with Crippen molar-refractivity contribution in [3.63, 3.8) is 0 Å². The summed E-state index contributed by atoms with van der Waals surface area (Å²) in [7, 11) is 0. The van der Waals surface area contributed by atoms with Gasteiger partial charge in [-0.05, 0) is 26.0 Å². The minimum absolute atomic E-state index is 0.0212. The molecule has 0 aliphatic carbocycles. The van der Waals surface area contributed by atoms with E-state index >= 15 is 0 Å². The molecule has 0 bridgehead atoms. The van der Waals surface area contributed by atoms with Crippen LogP contribution in [0.4, 0.5) is 5.69 Å². The highest BCUT2D eigenvalue weighted by Gasteiger charge is 2.17. The topological polar surface area (TPSA) is 79.8 Å². The number of thiazole rings is 1. The van der Waals surface area contributed by atoms with Crippen LogP contribution in [0.5, 0.6) is 0 Å². The second-order valence-corrected chi connectivity index (χ2v) is 6.05. The van der Waals surface area contributed by atoms with E-state index in [1.165, 1.54) is 16.0 Å². The van der Waals surface area contributed by atoms with Gasteiger partial charge in [-0.25, -0.2) is 4.98 Å². The second-order valence-electron chi connectivity index (χ2n) is 5.22. The van der Waals surface area contributed by atoms with E-state index in [4.69, 9.17) is 0 Å². The first-order valence-corrected chi connectivity index (χ1v) is 8.00. The molecule has 0 unspecified atom stereocenters. The fraction of sp³-hybridized carbons (Fsp3) is 0.188. The van der Waals surface area contributed by atoms with Gasteiger partial charge in [-0.15, -0.1) is 11.3 Å². The molecule has 2 aromatic heterocycles. The number of aromatic amines is 1. The number of amides is 1. The number of nitrogens with zero attached hydrogens (tertiary/aromatic N) is 2. The molecular weight excluding hydrogens is 312 g/mol. The van der Waals surface area contributed by atoms with Gasteiger partial charge in [0.2, 0.25) is 11.0 Å². The quantitative estimate of drug-likeness (QED) is 0.772. The van der Waals surface area contributed by atoms with E-state index in [-0.39, 0.29) is 17.9 Å². The van der Waals surface area contributed by atoms with E-state index in [0.717, 1.165) is 5.69 Å². The van der Waals surface area contributed by atoms with Crippen molar-refractivity contribution >= 4 is 22.9 Å². The summed E-state index contributed by atoms with van der Waals surface area (Å²) < 4.78 is 1.39. The predicted molar refractivity (Wildman–Crippen MR) is 90.3 cm³/mol. The molecule has 2 heterocycles. The van der Waals surface area contributed by atoms with Crippen molar-refractivity contribution in [2.75, 3.05) is 5.32 Å². The van der Waals surface area contributed by atoms with E-state index < -0.39 is 0 Å². The molecule has 0 saturated heterocycles. The number of anilines is 1. The summed E-state index contributed by atoms with van der Waals surface area (Å²) in [5.74, 6) is -0.224. The third-order valence-corrected chi connectivity index (χ3v) is 4.33. The summed E-state index contributed by atoms with van der Waals surface area (Å²) in [6.07, 6.45) is 0.0212. The monoisotopic (exact) mass is 328 g/mol. The van der Waals surface area contributed by atoms with Gasteiger partial charge in [-0.1, -0.05) is 18.2 Å². The predicted octanol–water partition coefficient (Wildman–Crippen LogP) is 2.42. The molecule has 0 atom stereocenters. The Kier molecular flexibility index (Phi) is 4.12. The summed E-state index contributed by atoms with van der Waals surface area (Å²) in [6.45, 7) is 3.65. The van der Waals surface area contributed by atoms with Crippen LogP contribution in [-0.4, -0.2) is 20.7 Å². The number of aryl methyl sites for hydroxylation is 2. The molecule has 118 valence electrons. The van der Waals surface area contributed by atoms with Crippen molar-refractivity contribution in [3.8, 4) is 5.13 Å². The molecule has 0 fully saturated rings. The average molecular weight is 328 g/mol. The molecule has 3 rings (SSSR count). The second kappa shape index (κ2) is 6.21. The van der Waals surface area contributed by atoms with E-state index in [2.05, 4.69) is 15.4 Å². The van der Waals surface area contributed by atoms with Crippen LogP contribution in [0.2, 0.25) is 0 Å². The zero-order chi connectivity index (χ0) is 16.4. The molecular formula is C16H16N4O2S. The van der Waals surface area contributed by atoms with Gasteiger partial charge < -0.3 is 5.32 Å². The molecule has 23 heavy (non-hydrogen) atoms. The Balaban J connectivity index is 1.82. The standard InChI is InChI=1S/C16H16N4O2S/c1-10-9-23-16(17-10)20-15(22)13(11(2)19-20)8-14(21)18-12-6-4-3-5-7-12/h3-7,9,19H,8H2,1-2H3,(H,18,21). The molecule has 3 aromatic rings. The first-order valence-electron chi connectivity index (χ1n) is 7.12. The third-order valence-electron chi connectivity index (χ3n) is 3.39. The van der Waals surface area contributed by atoms with Crippen molar-refractivity contribution in [1.82, 2.24) is 14.8 Å². The number of rotatable bonds is 4. The Hall–Kier alpha value is -2.67. The third kappa shape index (κ3) is 3.24. The number of nitrogens with one attached hydrogen (secondary N) is 2. The Morgan fingerprint density at radius 3 is 2.70 bits per heavy atom. The minimum atomic E-state index is -0.236. The summed E-state index contributed by atoms with van der Waals surface area (Å²) in [5, 5.41) is 8.22. The minimum Gasteiger partial charge on any atom is -0.326 e. The molecule has 0 spiro atoms. The summed E-state index contributed by atoms with van der Waals surface area (Å²) >= 11 is 1.38. The molecule has 6 nitrogen and oxygen atoms in total. The van der Waals surface area contributed by atoms with Crippen molar-refractivity contribution in [2.24, 2.45) is 0 Å². The van der Waals surface area contributed by atoms with Gasteiger partial charge in [-0.3, -0.25) is 14.7 Å². The zero-order valence-electron chi connectivity index (χ0n) is 12.8. The zero-order valence-corrected chi connectivity index (χ0v) is 13.6. The lowest BCUT2D eigenvalue weighted by Crippen LogP contribution is -2.22. The fourth-order valence-corrected chi connectivity index (χ4v) is 3.02. The van der Waals surface area contributed by atoms with Gasteiger partial charge in [0, 0.05) is 22.3 Å². The Bertz CT molecular complexity index is 892. The Labute approximate surface area is 136 Å². The van der Waals surface area contributed by atoms with E-state index in [0.29, 0.717) is 22.1 Å². The molecule has 1 aromatic carbocycles. The van der Waals surface area contributed by atoms with Gasteiger partial charge in [0.05, 0.1) is 12.1 Å². The average Bonchev–Trinajstić information content (AvgIpc) is 3.07. The number of benzene rings is 1. The molecule has 0 aliphatic heterocycles. The highest BCUT2D eigenvalue weighted by molar-refractivity contribution is 7.12. The lowest BCUT2D eigenvalue weighted by molar-refractivity contribution is -0.115. The van der Waals surface area contributed by atoms with E-state index in [1.54, 1.807) is 19.1 Å². The van der Waals surface area contributed by atoms with Crippen LogP contribution in [0, 0.1) is 13.8 Å². The van der Waals surface area contributed by atoms with Crippen molar-refractivity contribution in [3.05, 3.63) is 63.0 Å².